The number of hydrogen-bond acceptors (Lipinski definition) is 3. The zero-order chi connectivity index (χ0) is 10.8. The minimum Gasteiger partial charge on any atom is -0.365 e. The number of anilines is 1. The number of nitrogens with zero attached hydrogens (tertiary/aromatic N) is 1. The summed E-state index contributed by atoms with van der Waals surface area (Å²) in [5.74, 6) is 1.15. The quantitative estimate of drug-likeness (QED) is 0.907. The van der Waals surface area contributed by atoms with Crippen molar-refractivity contribution in [1.29, 1.82) is 0 Å². The molecule has 1 aromatic carbocycles. The van der Waals surface area contributed by atoms with Crippen molar-refractivity contribution < 1.29 is 0 Å². The highest BCUT2D eigenvalue weighted by molar-refractivity contribution is 9.10. The van der Waals surface area contributed by atoms with E-state index in [1.807, 2.05) is 11.8 Å². The van der Waals surface area contributed by atoms with Gasteiger partial charge in [0.1, 0.15) is 0 Å². The number of rotatable bonds is 2. The van der Waals surface area contributed by atoms with Crippen molar-refractivity contribution in [3.05, 3.63) is 22.7 Å². The van der Waals surface area contributed by atoms with Crippen molar-refractivity contribution in [2.45, 2.75) is 17.9 Å². The van der Waals surface area contributed by atoms with Gasteiger partial charge in [-0.25, -0.2) is 0 Å². The highest BCUT2D eigenvalue weighted by atomic mass is 79.9. The molecule has 15 heavy (non-hydrogen) atoms. The van der Waals surface area contributed by atoms with Crippen LogP contribution >= 0.6 is 27.7 Å². The molecule has 1 aromatic rings. The Bertz CT molecular complexity index is 356. The van der Waals surface area contributed by atoms with Gasteiger partial charge in [0.2, 0.25) is 0 Å². The molecule has 4 heteroatoms. The second kappa shape index (κ2) is 4.76. The van der Waals surface area contributed by atoms with E-state index in [2.05, 4.69) is 46.0 Å². The Labute approximate surface area is 103 Å². The molecule has 0 saturated carbocycles. The molecule has 1 heterocycles. The second-order valence-corrected chi connectivity index (χ2v) is 5.70. The monoisotopic (exact) mass is 286 g/mol. The smallest absolute Gasteiger partial charge is 0.0651 e. The van der Waals surface area contributed by atoms with E-state index in [1.54, 1.807) is 0 Å². The summed E-state index contributed by atoms with van der Waals surface area (Å²) in [6, 6.07) is 6.77. The highest BCUT2D eigenvalue weighted by Crippen LogP contribution is 2.40. The van der Waals surface area contributed by atoms with E-state index in [0.717, 1.165) is 12.3 Å². The van der Waals surface area contributed by atoms with Gasteiger partial charge in [-0.05, 0) is 35.0 Å². The molecule has 82 valence electrons. The van der Waals surface area contributed by atoms with Crippen LogP contribution in [0.25, 0.3) is 0 Å². The Morgan fingerprint density at radius 3 is 3.13 bits per heavy atom. The van der Waals surface area contributed by atoms with Crippen LogP contribution in [0.2, 0.25) is 0 Å². The van der Waals surface area contributed by atoms with Crippen molar-refractivity contribution in [1.82, 2.24) is 0 Å². The van der Waals surface area contributed by atoms with Gasteiger partial charge in [-0.15, -0.1) is 11.8 Å². The first-order valence-corrected chi connectivity index (χ1v) is 6.90. The zero-order valence-electron chi connectivity index (χ0n) is 8.74. The molecule has 2 rings (SSSR count). The summed E-state index contributed by atoms with van der Waals surface area (Å²) in [5, 5.41) is 0. The summed E-state index contributed by atoms with van der Waals surface area (Å²) in [6.07, 6.45) is 0. The first-order chi connectivity index (χ1) is 7.24. The average molecular weight is 287 g/mol. The van der Waals surface area contributed by atoms with Gasteiger partial charge in [0, 0.05) is 34.3 Å². The van der Waals surface area contributed by atoms with Gasteiger partial charge >= 0.3 is 0 Å². The van der Waals surface area contributed by atoms with Gasteiger partial charge in [-0.3, -0.25) is 0 Å². The third-order valence-electron chi connectivity index (χ3n) is 2.70. The molecule has 1 atom stereocenters. The molecule has 0 saturated heterocycles. The molecule has 2 nitrogen and oxygen atoms in total. The molecule has 2 N–H and O–H groups in total. The van der Waals surface area contributed by atoms with Crippen LogP contribution in [0.3, 0.4) is 0 Å². The molecule has 1 aliphatic heterocycles. The summed E-state index contributed by atoms with van der Waals surface area (Å²) in [5.41, 5.74) is 7.06. The summed E-state index contributed by atoms with van der Waals surface area (Å²) < 4.78 is 1.17. The van der Waals surface area contributed by atoms with E-state index in [1.165, 1.54) is 15.1 Å². The Balaban J connectivity index is 2.40. The molecule has 0 aromatic heterocycles. The SMILES string of the molecule is CC(CN)N1CCSc2cccc(Br)c21. The Kier molecular flexibility index (Phi) is 3.59. The molecule has 0 aliphatic carbocycles. The Hall–Kier alpha value is -0.190. The van der Waals surface area contributed by atoms with Crippen LogP contribution in [0.1, 0.15) is 6.92 Å². The topological polar surface area (TPSA) is 29.3 Å². The maximum absolute atomic E-state index is 5.75. The highest BCUT2D eigenvalue weighted by Gasteiger charge is 2.22. The van der Waals surface area contributed by atoms with Crippen LogP contribution in [-0.4, -0.2) is 24.9 Å². The lowest BCUT2D eigenvalue weighted by Gasteiger charge is -2.36. The summed E-state index contributed by atoms with van der Waals surface area (Å²) in [7, 11) is 0. The van der Waals surface area contributed by atoms with Crippen LogP contribution < -0.4 is 10.6 Å². The number of para-hydroxylation sites is 1. The number of nitrogens with two attached hydrogens (primary N) is 1. The standard InChI is InChI=1S/C11H15BrN2S/c1-8(7-13)14-5-6-15-10-4-2-3-9(12)11(10)14/h2-4,8H,5-7,13H2,1H3. The molecule has 1 aliphatic rings. The Morgan fingerprint density at radius 1 is 1.60 bits per heavy atom. The van der Waals surface area contributed by atoms with Gasteiger partial charge < -0.3 is 10.6 Å². The number of halogens is 1. The van der Waals surface area contributed by atoms with Crippen molar-refractivity contribution in [2.24, 2.45) is 5.73 Å². The van der Waals surface area contributed by atoms with Crippen LogP contribution in [0, 0.1) is 0 Å². The van der Waals surface area contributed by atoms with Gasteiger partial charge in [0.05, 0.1) is 5.69 Å². The normalized spacial score (nSPS) is 17.4. The molecule has 0 radical (unpaired) electrons. The first-order valence-electron chi connectivity index (χ1n) is 5.12. The van der Waals surface area contributed by atoms with Crippen LogP contribution in [-0.2, 0) is 0 Å². The number of thioether (sulfide) groups is 1. The molecular formula is C11H15BrN2S. The van der Waals surface area contributed by atoms with Crippen LogP contribution in [0.15, 0.2) is 27.6 Å². The van der Waals surface area contributed by atoms with Crippen LogP contribution in [0.5, 0.6) is 0 Å². The van der Waals surface area contributed by atoms with E-state index in [0.29, 0.717) is 12.6 Å². The predicted molar refractivity (Wildman–Crippen MR) is 70.7 cm³/mol. The lowest BCUT2D eigenvalue weighted by atomic mass is 10.2. The lowest BCUT2D eigenvalue weighted by molar-refractivity contribution is 0.650. The summed E-state index contributed by atoms with van der Waals surface area (Å²) >= 11 is 5.55. The fourth-order valence-corrected chi connectivity index (χ4v) is 3.60. The van der Waals surface area contributed by atoms with E-state index in [-0.39, 0.29) is 0 Å². The zero-order valence-corrected chi connectivity index (χ0v) is 11.1. The molecule has 0 spiro atoms. The third kappa shape index (κ3) is 2.17. The van der Waals surface area contributed by atoms with Gasteiger partial charge in [0.25, 0.3) is 0 Å². The number of benzene rings is 1. The maximum Gasteiger partial charge on any atom is 0.0651 e. The second-order valence-electron chi connectivity index (χ2n) is 3.71. The van der Waals surface area contributed by atoms with E-state index >= 15 is 0 Å². The number of hydrogen-bond donors (Lipinski definition) is 1. The fourth-order valence-electron chi connectivity index (χ4n) is 1.82. The molecule has 0 amide bonds. The molecule has 0 fully saturated rings. The van der Waals surface area contributed by atoms with Crippen molar-refractivity contribution in [3.8, 4) is 0 Å². The predicted octanol–water partition coefficient (Wildman–Crippen LogP) is 2.71. The van der Waals surface area contributed by atoms with Crippen molar-refractivity contribution in [2.75, 3.05) is 23.7 Å². The van der Waals surface area contributed by atoms with Crippen LogP contribution in [0.4, 0.5) is 5.69 Å². The van der Waals surface area contributed by atoms with Crippen molar-refractivity contribution >= 4 is 33.4 Å². The minimum absolute atomic E-state index is 0.406. The minimum atomic E-state index is 0.406. The van der Waals surface area contributed by atoms with Gasteiger partial charge in [-0.1, -0.05) is 6.07 Å². The van der Waals surface area contributed by atoms with Gasteiger partial charge in [-0.2, -0.15) is 0 Å². The molecular weight excluding hydrogens is 272 g/mol. The fraction of sp³-hybridized carbons (Fsp3) is 0.455. The molecule has 1 unspecified atom stereocenters. The van der Waals surface area contributed by atoms with E-state index < -0.39 is 0 Å². The molecule has 0 bridgehead atoms. The van der Waals surface area contributed by atoms with E-state index in [4.69, 9.17) is 5.73 Å². The summed E-state index contributed by atoms with van der Waals surface area (Å²) in [6.45, 7) is 3.96. The van der Waals surface area contributed by atoms with E-state index in [9.17, 15) is 0 Å². The largest absolute Gasteiger partial charge is 0.365 e. The number of fused-ring (bicyclic) bond motifs is 1. The first kappa shape index (κ1) is 11.3. The lowest BCUT2D eigenvalue weighted by Crippen LogP contribution is -2.41. The van der Waals surface area contributed by atoms with Gasteiger partial charge in [0.15, 0.2) is 0 Å². The third-order valence-corrected chi connectivity index (χ3v) is 4.37. The Morgan fingerprint density at radius 2 is 2.40 bits per heavy atom. The average Bonchev–Trinajstić information content (AvgIpc) is 2.28. The summed E-state index contributed by atoms with van der Waals surface area (Å²) in [4.78, 5) is 3.76. The maximum atomic E-state index is 5.75. The van der Waals surface area contributed by atoms with Crippen molar-refractivity contribution in [3.63, 3.8) is 0 Å².